The van der Waals surface area contributed by atoms with Gasteiger partial charge in [-0.25, -0.2) is 4.99 Å². The van der Waals surface area contributed by atoms with Crippen molar-refractivity contribution >= 4 is 39.7 Å². The number of hydrogen-bond donors (Lipinski definition) is 2. The van der Waals surface area contributed by atoms with Gasteiger partial charge in [-0.1, -0.05) is 49.4 Å². The summed E-state index contributed by atoms with van der Waals surface area (Å²) < 4.78 is 5.55. The SMILES string of the molecule is CCC1CN=C(C(=O)CC(=O)N(Cc2ccc3ccccc3c2)c2cccc(NO)c2)O1. The van der Waals surface area contributed by atoms with E-state index >= 15 is 0 Å². The lowest BCUT2D eigenvalue weighted by atomic mass is 10.1. The second-order valence-corrected chi connectivity index (χ2v) is 7.72. The highest BCUT2D eigenvalue weighted by atomic mass is 16.5. The number of anilines is 2. The zero-order valence-electron chi connectivity index (χ0n) is 17.8. The van der Waals surface area contributed by atoms with E-state index in [9.17, 15) is 14.8 Å². The molecule has 7 nitrogen and oxygen atoms in total. The zero-order chi connectivity index (χ0) is 22.5. The van der Waals surface area contributed by atoms with Crippen LogP contribution in [0.4, 0.5) is 11.4 Å². The molecule has 7 heteroatoms. The molecule has 4 rings (SSSR count). The number of amides is 1. The molecular formula is C25H25N3O4. The average Bonchev–Trinajstić information content (AvgIpc) is 3.32. The summed E-state index contributed by atoms with van der Waals surface area (Å²) in [5.74, 6) is -0.767. The van der Waals surface area contributed by atoms with Crippen molar-refractivity contribution in [1.82, 2.24) is 0 Å². The molecule has 0 saturated heterocycles. The normalized spacial score (nSPS) is 15.2. The minimum absolute atomic E-state index is 0.0293. The number of ketones is 1. The molecule has 0 bridgehead atoms. The summed E-state index contributed by atoms with van der Waals surface area (Å²) in [6, 6.07) is 20.8. The Hall–Kier alpha value is -3.71. The van der Waals surface area contributed by atoms with E-state index in [1.165, 1.54) is 4.90 Å². The van der Waals surface area contributed by atoms with Crippen molar-refractivity contribution in [2.24, 2.45) is 4.99 Å². The Morgan fingerprint density at radius 2 is 1.91 bits per heavy atom. The topological polar surface area (TPSA) is 91.2 Å². The predicted molar refractivity (Wildman–Crippen MR) is 124 cm³/mol. The number of aliphatic imine (C=N–C) groups is 1. The number of ether oxygens (including phenoxy) is 1. The fourth-order valence-corrected chi connectivity index (χ4v) is 3.68. The molecule has 1 atom stereocenters. The van der Waals surface area contributed by atoms with Crippen LogP contribution in [-0.4, -0.2) is 35.4 Å². The first-order valence-corrected chi connectivity index (χ1v) is 10.6. The highest BCUT2D eigenvalue weighted by Crippen LogP contribution is 2.24. The second-order valence-electron chi connectivity index (χ2n) is 7.72. The van der Waals surface area contributed by atoms with Gasteiger partial charge in [0.2, 0.25) is 11.7 Å². The molecule has 0 aromatic heterocycles. The molecule has 32 heavy (non-hydrogen) atoms. The Labute approximate surface area is 186 Å². The van der Waals surface area contributed by atoms with Crippen molar-refractivity contribution in [1.29, 1.82) is 0 Å². The zero-order valence-corrected chi connectivity index (χ0v) is 17.8. The van der Waals surface area contributed by atoms with E-state index in [4.69, 9.17) is 4.74 Å². The number of nitrogens with zero attached hydrogens (tertiary/aromatic N) is 2. The number of benzene rings is 3. The number of Topliss-reactive ketones (excluding diaryl/α,β-unsaturated/α-hetero) is 1. The number of fused-ring (bicyclic) bond motifs is 1. The van der Waals surface area contributed by atoms with Crippen LogP contribution >= 0.6 is 0 Å². The minimum Gasteiger partial charge on any atom is -0.470 e. The van der Waals surface area contributed by atoms with E-state index in [-0.39, 0.29) is 30.9 Å². The summed E-state index contributed by atoms with van der Waals surface area (Å²) in [5, 5.41) is 11.5. The number of carbonyl (C=O) groups excluding carboxylic acids is 2. The van der Waals surface area contributed by atoms with E-state index in [0.717, 1.165) is 22.8 Å². The summed E-state index contributed by atoms with van der Waals surface area (Å²) in [5.41, 5.74) is 4.03. The Morgan fingerprint density at radius 3 is 2.66 bits per heavy atom. The molecule has 1 aliphatic heterocycles. The van der Waals surface area contributed by atoms with Crippen LogP contribution in [0.25, 0.3) is 10.8 Å². The van der Waals surface area contributed by atoms with E-state index in [0.29, 0.717) is 17.9 Å². The van der Waals surface area contributed by atoms with Crippen molar-refractivity contribution in [2.75, 3.05) is 16.9 Å². The number of nitrogens with one attached hydrogen (secondary N) is 1. The summed E-state index contributed by atoms with van der Waals surface area (Å²) >= 11 is 0. The van der Waals surface area contributed by atoms with Gasteiger partial charge in [-0.2, -0.15) is 0 Å². The van der Waals surface area contributed by atoms with Gasteiger partial charge in [0.05, 0.1) is 25.2 Å². The van der Waals surface area contributed by atoms with Crippen LogP contribution in [0.5, 0.6) is 0 Å². The summed E-state index contributed by atoms with van der Waals surface area (Å²) in [4.78, 5) is 31.6. The molecule has 1 aliphatic rings. The monoisotopic (exact) mass is 431 g/mol. The highest BCUT2D eigenvalue weighted by Gasteiger charge is 2.28. The van der Waals surface area contributed by atoms with Gasteiger partial charge >= 0.3 is 0 Å². The quantitative estimate of drug-likeness (QED) is 0.409. The largest absolute Gasteiger partial charge is 0.470 e. The first kappa shape index (κ1) is 21.5. The van der Waals surface area contributed by atoms with Gasteiger partial charge in [-0.3, -0.25) is 20.3 Å². The average molecular weight is 431 g/mol. The molecule has 3 aromatic carbocycles. The lowest BCUT2D eigenvalue weighted by molar-refractivity contribution is -0.124. The smallest absolute Gasteiger partial charge is 0.254 e. The van der Waals surface area contributed by atoms with Crippen LogP contribution in [0.2, 0.25) is 0 Å². The number of rotatable bonds is 8. The van der Waals surface area contributed by atoms with Crippen molar-refractivity contribution in [2.45, 2.75) is 32.4 Å². The molecule has 0 radical (unpaired) electrons. The predicted octanol–water partition coefficient (Wildman–Crippen LogP) is 4.34. The molecule has 0 fully saturated rings. The van der Waals surface area contributed by atoms with E-state index in [2.05, 4.69) is 10.5 Å². The third-order valence-electron chi connectivity index (χ3n) is 5.47. The van der Waals surface area contributed by atoms with Crippen LogP contribution in [0.1, 0.15) is 25.3 Å². The highest BCUT2D eigenvalue weighted by molar-refractivity contribution is 6.40. The second kappa shape index (κ2) is 9.62. The van der Waals surface area contributed by atoms with Gasteiger partial charge in [0.1, 0.15) is 6.10 Å². The number of hydrogen-bond acceptors (Lipinski definition) is 6. The van der Waals surface area contributed by atoms with E-state index < -0.39 is 5.78 Å². The van der Waals surface area contributed by atoms with Crippen LogP contribution in [0.15, 0.2) is 71.7 Å². The van der Waals surface area contributed by atoms with Crippen molar-refractivity contribution in [3.8, 4) is 0 Å². The summed E-state index contributed by atoms with van der Waals surface area (Å²) in [7, 11) is 0. The standard InChI is InChI=1S/C25H25N3O4/c1-2-22-15-26-25(32-22)23(29)14-24(30)28(21-9-5-8-20(13-21)27-31)16-17-10-11-18-6-3-4-7-19(18)12-17/h3-13,22,27,31H,2,14-16H2,1H3. The molecule has 0 aliphatic carbocycles. The van der Waals surface area contributed by atoms with Gasteiger partial charge in [0.15, 0.2) is 0 Å². The van der Waals surface area contributed by atoms with Crippen LogP contribution in [0.3, 0.4) is 0 Å². The molecule has 3 aromatic rings. The first-order valence-electron chi connectivity index (χ1n) is 10.6. The Balaban J connectivity index is 1.59. The molecule has 1 heterocycles. The molecule has 1 amide bonds. The van der Waals surface area contributed by atoms with Crippen molar-refractivity contribution in [3.05, 3.63) is 72.3 Å². The molecular weight excluding hydrogens is 406 g/mol. The first-order chi connectivity index (χ1) is 15.6. The van der Waals surface area contributed by atoms with E-state index in [1.807, 2.05) is 49.4 Å². The fraction of sp³-hybridized carbons (Fsp3) is 0.240. The maximum Gasteiger partial charge on any atom is 0.254 e. The molecule has 2 N–H and O–H groups in total. The Bertz CT molecular complexity index is 1170. The Morgan fingerprint density at radius 1 is 1.09 bits per heavy atom. The van der Waals surface area contributed by atoms with Gasteiger partial charge in [0, 0.05) is 5.69 Å². The lowest BCUT2D eigenvalue weighted by Crippen LogP contribution is -2.34. The lowest BCUT2D eigenvalue weighted by Gasteiger charge is -2.23. The third-order valence-corrected chi connectivity index (χ3v) is 5.47. The molecule has 1 unspecified atom stereocenters. The van der Waals surface area contributed by atoms with Crippen LogP contribution in [-0.2, 0) is 20.9 Å². The summed E-state index contributed by atoms with van der Waals surface area (Å²) in [6.07, 6.45) is 0.299. The number of carbonyl (C=O) groups is 2. The van der Waals surface area contributed by atoms with Gasteiger partial charge < -0.3 is 9.64 Å². The maximum atomic E-state index is 13.2. The molecule has 0 saturated carbocycles. The summed E-state index contributed by atoms with van der Waals surface area (Å²) in [6.45, 7) is 2.68. The van der Waals surface area contributed by atoms with Gasteiger partial charge in [-0.05, 0) is 47.0 Å². The maximum absolute atomic E-state index is 13.2. The Kier molecular flexibility index (Phi) is 6.47. The molecule has 164 valence electrons. The van der Waals surface area contributed by atoms with Crippen molar-refractivity contribution < 1.29 is 19.5 Å². The van der Waals surface area contributed by atoms with E-state index in [1.54, 1.807) is 24.3 Å². The minimum atomic E-state index is -0.425. The molecule has 0 spiro atoms. The van der Waals surface area contributed by atoms with Gasteiger partial charge in [0.25, 0.3) is 5.90 Å². The van der Waals surface area contributed by atoms with Gasteiger partial charge in [-0.15, -0.1) is 0 Å². The van der Waals surface area contributed by atoms with Crippen LogP contribution < -0.4 is 10.4 Å². The van der Waals surface area contributed by atoms with Crippen LogP contribution in [0, 0.1) is 0 Å². The third kappa shape index (κ3) is 4.78. The van der Waals surface area contributed by atoms with Crippen molar-refractivity contribution in [3.63, 3.8) is 0 Å². The fourth-order valence-electron chi connectivity index (χ4n) is 3.68.